The number of esters is 1. The third-order valence-corrected chi connectivity index (χ3v) is 7.48. The topological polar surface area (TPSA) is 26.3 Å². The van der Waals surface area contributed by atoms with Crippen molar-refractivity contribution in [3.8, 4) is 0 Å². The molecule has 0 spiro atoms. The zero-order valence-electron chi connectivity index (χ0n) is 23.6. The molecule has 3 unspecified atom stereocenters. The van der Waals surface area contributed by atoms with Crippen molar-refractivity contribution in [2.24, 2.45) is 17.8 Å². The Morgan fingerprint density at radius 2 is 0.879 bits per heavy atom. The van der Waals surface area contributed by atoms with E-state index in [0.29, 0.717) is 13.0 Å². The van der Waals surface area contributed by atoms with Crippen LogP contribution in [0.5, 0.6) is 0 Å². The van der Waals surface area contributed by atoms with E-state index in [2.05, 4.69) is 27.7 Å². The van der Waals surface area contributed by atoms with Gasteiger partial charge in [-0.05, 0) is 31.1 Å². The van der Waals surface area contributed by atoms with Gasteiger partial charge in [0.1, 0.15) is 0 Å². The molecule has 0 aliphatic heterocycles. The molecule has 0 bridgehead atoms. The minimum absolute atomic E-state index is 0.0287. The van der Waals surface area contributed by atoms with Gasteiger partial charge in [-0.3, -0.25) is 4.79 Å². The number of rotatable bonds is 25. The SMILES string of the molecule is CCCCCC(C)CCC(C)CCCCCCCC(C)CCCCCCCCC(=O)OCC. The first-order valence-electron chi connectivity index (χ1n) is 15.1. The zero-order chi connectivity index (χ0) is 24.6. The number of hydrogen-bond donors (Lipinski definition) is 0. The lowest BCUT2D eigenvalue weighted by Gasteiger charge is -2.15. The van der Waals surface area contributed by atoms with Crippen molar-refractivity contribution < 1.29 is 9.53 Å². The number of carbonyl (C=O) groups is 1. The fraction of sp³-hybridized carbons (Fsp3) is 0.968. The Bertz CT molecular complexity index is 406. The van der Waals surface area contributed by atoms with Gasteiger partial charge in [0.05, 0.1) is 6.61 Å². The van der Waals surface area contributed by atoms with Gasteiger partial charge in [0, 0.05) is 6.42 Å². The van der Waals surface area contributed by atoms with Crippen molar-refractivity contribution in [2.75, 3.05) is 6.61 Å². The highest BCUT2D eigenvalue weighted by Gasteiger charge is 2.07. The molecule has 0 radical (unpaired) electrons. The Hall–Kier alpha value is -0.530. The third-order valence-electron chi connectivity index (χ3n) is 7.48. The van der Waals surface area contributed by atoms with Gasteiger partial charge in [-0.15, -0.1) is 0 Å². The van der Waals surface area contributed by atoms with Crippen LogP contribution >= 0.6 is 0 Å². The molecule has 0 aromatic heterocycles. The second-order valence-corrected chi connectivity index (χ2v) is 11.2. The zero-order valence-corrected chi connectivity index (χ0v) is 23.6. The largest absolute Gasteiger partial charge is 0.466 e. The molecule has 3 atom stereocenters. The van der Waals surface area contributed by atoms with E-state index in [0.717, 1.165) is 24.2 Å². The summed E-state index contributed by atoms with van der Waals surface area (Å²) in [4.78, 5) is 11.3. The van der Waals surface area contributed by atoms with Crippen molar-refractivity contribution in [1.82, 2.24) is 0 Å². The molecule has 0 amide bonds. The van der Waals surface area contributed by atoms with Crippen LogP contribution in [0.2, 0.25) is 0 Å². The maximum absolute atomic E-state index is 11.3. The summed E-state index contributed by atoms with van der Waals surface area (Å²) in [6.45, 7) is 12.1. The summed E-state index contributed by atoms with van der Waals surface area (Å²) in [5, 5.41) is 0. The van der Waals surface area contributed by atoms with Gasteiger partial charge in [0.2, 0.25) is 0 Å². The highest BCUT2D eigenvalue weighted by molar-refractivity contribution is 5.69. The van der Waals surface area contributed by atoms with Gasteiger partial charge in [0.25, 0.3) is 0 Å². The maximum atomic E-state index is 11.3. The lowest BCUT2D eigenvalue weighted by molar-refractivity contribution is -0.143. The van der Waals surface area contributed by atoms with Gasteiger partial charge >= 0.3 is 5.97 Å². The van der Waals surface area contributed by atoms with Crippen LogP contribution in [0.4, 0.5) is 0 Å². The monoisotopic (exact) mass is 466 g/mol. The van der Waals surface area contributed by atoms with E-state index >= 15 is 0 Å². The lowest BCUT2D eigenvalue weighted by Crippen LogP contribution is -2.03. The van der Waals surface area contributed by atoms with Crippen molar-refractivity contribution in [3.05, 3.63) is 0 Å². The summed E-state index contributed by atoms with van der Waals surface area (Å²) in [5.74, 6) is 2.73. The van der Waals surface area contributed by atoms with Gasteiger partial charge in [0.15, 0.2) is 0 Å². The third kappa shape index (κ3) is 24.4. The van der Waals surface area contributed by atoms with Crippen molar-refractivity contribution >= 4 is 5.97 Å². The van der Waals surface area contributed by atoms with Crippen LogP contribution in [0.1, 0.15) is 169 Å². The Labute approximate surface area is 209 Å². The molecule has 0 heterocycles. The minimum Gasteiger partial charge on any atom is -0.466 e. The van der Waals surface area contributed by atoms with Crippen LogP contribution in [0.3, 0.4) is 0 Å². The maximum Gasteiger partial charge on any atom is 0.305 e. The second-order valence-electron chi connectivity index (χ2n) is 11.2. The number of carbonyl (C=O) groups excluding carboxylic acids is 1. The predicted molar refractivity (Wildman–Crippen MR) is 147 cm³/mol. The molecule has 0 N–H and O–H groups in total. The molecule has 0 aromatic carbocycles. The molecule has 0 aliphatic rings. The molecule has 0 saturated carbocycles. The molecule has 0 fully saturated rings. The molecule has 33 heavy (non-hydrogen) atoms. The van der Waals surface area contributed by atoms with Crippen LogP contribution < -0.4 is 0 Å². The first kappa shape index (κ1) is 32.5. The van der Waals surface area contributed by atoms with Crippen LogP contribution in [-0.4, -0.2) is 12.6 Å². The second kappa shape index (κ2) is 24.6. The number of unbranched alkanes of at least 4 members (excludes halogenated alkanes) is 11. The smallest absolute Gasteiger partial charge is 0.305 e. The molecule has 0 aromatic rings. The average molecular weight is 467 g/mol. The standard InChI is InChI=1S/C31H62O2/c1-6-8-16-21-29(4)26-27-30(5)24-19-14-11-13-18-23-28(3)22-17-12-9-10-15-20-25-31(32)33-7-2/h28-30H,6-27H2,1-5H3. The van der Waals surface area contributed by atoms with Crippen LogP contribution in [0, 0.1) is 17.8 Å². The quantitative estimate of drug-likeness (QED) is 0.0987. The summed E-state index contributed by atoms with van der Waals surface area (Å²) >= 11 is 0. The first-order chi connectivity index (χ1) is 16.0. The Balaban J connectivity index is 3.37. The van der Waals surface area contributed by atoms with Gasteiger partial charge < -0.3 is 4.74 Å². The van der Waals surface area contributed by atoms with E-state index in [-0.39, 0.29) is 5.97 Å². The molecule has 0 rings (SSSR count). The Morgan fingerprint density at radius 1 is 0.515 bits per heavy atom. The summed E-state index contributed by atoms with van der Waals surface area (Å²) in [5.41, 5.74) is 0. The van der Waals surface area contributed by atoms with E-state index in [9.17, 15) is 4.79 Å². The molecule has 198 valence electrons. The summed E-state index contributed by atoms with van der Waals surface area (Å²) in [6.07, 6.45) is 28.1. The van der Waals surface area contributed by atoms with Crippen molar-refractivity contribution in [3.63, 3.8) is 0 Å². The van der Waals surface area contributed by atoms with Gasteiger partial charge in [-0.25, -0.2) is 0 Å². The van der Waals surface area contributed by atoms with E-state index in [1.165, 1.54) is 122 Å². The fourth-order valence-electron chi connectivity index (χ4n) is 4.96. The van der Waals surface area contributed by atoms with E-state index in [4.69, 9.17) is 4.74 Å². The van der Waals surface area contributed by atoms with E-state index < -0.39 is 0 Å². The van der Waals surface area contributed by atoms with Crippen LogP contribution in [0.15, 0.2) is 0 Å². The predicted octanol–water partition coefficient (Wildman–Crippen LogP) is 10.7. The van der Waals surface area contributed by atoms with E-state index in [1.54, 1.807) is 0 Å². The molecule has 0 aliphatic carbocycles. The number of hydrogen-bond acceptors (Lipinski definition) is 2. The van der Waals surface area contributed by atoms with Crippen molar-refractivity contribution in [2.45, 2.75) is 169 Å². The molecule has 0 saturated heterocycles. The Kier molecular flexibility index (Phi) is 24.2. The lowest BCUT2D eigenvalue weighted by atomic mass is 9.91. The fourth-order valence-corrected chi connectivity index (χ4v) is 4.96. The molecular weight excluding hydrogens is 404 g/mol. The highest BCUT2D eigenvalue weighted by Crippen LogP contribution is 2.22. The van der Waals surface area contributed by atoms with Gasteiger partial charge in [-0.1, -0.05) is 150 Å². The highest BCUT2D eigenvalue weighted by atomic mass is 16.5. The average Bonchev–Trinajstić information content (AvgIpc) is 2.79. The Morgan fingerprint density at radius 3 is 1.30 bits per heavy atom. The van der Waals surface area contributed by atoms with E-state index in [1.807, 2.05) is 6.92 Å². The normalized spacial score (nSPS) is 14.2. The summed E-state index contributed by atoms with van der Waals surface area (Å²) < 4.78 is 4.97. The summed E-state index contributed by atoms with van der Waals surface area (Å²) in [6, 6.07) is 0. The number of ether oxygens (including phenoxy) is 1. The molecule has 2 heteroatoms. The first-order valence-corrected chi connectivity index (χ1v) is 15.1. The molecular formula is C31H62O2. The molecule has 2 nitrogen and oxygen atoms in total. The van der Waals surface area contributed by atoms with Gasteiger partial charge in [-0.2, -0.15) is 0 Å². The summed E-state index contributed by atoms with van der Waals surface area (Å²) in [7, 11) is 0. The van der Waals surface area contributed by atoms with Crippen LogP contribution in [0.25, 0.3) is 0 Å². The van der Waals surface area contributed by atoms with Crippen LogP contribution in [-0.2, 0) is 9.53 Å². The van der Waals surface area contributed by atoms with Crippen molar-refractivity contribution in [1.29, 1.82) is 0 Å². The minimum atomic E-state index is -0.0287.